The Balaban J connectivity index is 1.24. The maximum atomic E-state index is 13.3. The SMILES string of the molecule is O=C1c2ccccc2C(=O)N1CCn1cc(-c2ccnc(Nc3cccc(OC(F)(F)C(F)F)c3)n2)c2ccccc21. The number of aromatic nitrogens is 3. The number of anilines is 2. The molecule has 0 aliphatic carbocycles. The Labute approximate surface area is 236 Å². The zero-order valence-electron chi connectivity index (χ0n) is 21.7. The average Bonchev–Trinajstić information content (AvgIpc) is 3.46. The highest BCUT2D eigenvalue weighted by molar-refractivity contribution is 6.21. The van der Waals surface area contributed by atoms with Crippen LogP contribution in [0.1, 0.15) is 20.7 Å². The van der Waals surface area contributed by atoms with Crippen molar-refractivity contribution in [1.82, 2.24) is 19.4 Å². The van der Waals surface area contributed by atoms with Gasteiger partial charge in [-0.25, -0.2) is 9.97 Å². The third-order valence-electron chi connectivity index (χ3n) is 6.76. The number of rotatable bonds is 9. The van der Waals surface area contributed by atoms with Gasteiger partial charge in [-0.05, 0) is 36.4 Å². The first-order chi connectivity index (χ1) is 20.2. The highest BCUT2D eigenvalue weighted by Gasteiger charge is 2.44. The second kappa shape index (κ2) is 10.6. The summed E-state index contributed by atoms with van der Waals surface area (Å²) in [6.45, 7) is 0.516. The summed E-state index contributed by atoms with van der Waals surface area (Å²) in [5.74, 6) is -0.979. The molecule has 1 aliphatic rings. The molecular formula is C30H21F4N5O3. The Morgan fingerprint density at radius 2 is 1.57 bits per heavy atom. The summed E-state index contributed by atoms with van der Waals surface area (Å²) in [6.07, 6.45) is -5.23. The van der Waals surface area contributed by atoms with E-state index in [1.54, 1.807) is 30.3 Å². The predicted molar refractivity (Wildman–Crippen MR) is 146 cm³/mol. The number of hydrogen-bond donors (Lipinski definition) is 1. The van der Waals surface area contributed by atoms with Crippen LogP contribution in [0, 0.1) is 0 Å². The van der Waals surface area contributed by atoms with Gasteiger partial charge >= 0.3 is 12.5 Å². The van der Waals surface area contributed by atoms with Crippen molar-refractivity contribution < 1.29 is 31.9 Å². The highest BCUT2D eigenvalue weighted by atomic mass is 19.3. The van der Waals surface area contributed by atoms with Crippen molar-refractivity contribution in [1.29, 1.82) is 0 Å². The number of nitrogens with one attached hydrogen (secondary N) is 1. The second-order valence-corrected chi connectivity index (χ2v) is 9.44. The number of ether oxygens (including phenoxy) is 1. The zero-order valence-corrected chi connectivity index (χ0v) is 21.7. The van der Waals surface area contributed by atoms with Crippen LogP contribution in [0.4, 0.5) is 29.2 Å². The van der Waals surface area contributed by atoms with Gasteiger partial charge in [-0.3, -0.25) is 14.5 Å². The van der Waals surface area contributed by atoms with E-state index in [1.165, 1.54) is 23.2 Å². The van der Waals surface area contributed by atoms with Gasteiger partial charge in [0.2, 0.25) is 5.95 Å². The molecule has 12 heteroatoms. The summed E-state index contributed by atoms with van der Waals surface area (Å²) in [5.41, 5.74) is 3.19. The molecule has 2 amide bonds. The van der Waals surface area contributed by atoms with Crippen molar-refractivity contribution in [3.8, 4) is 17.0 Å². The molecule has 42 heavy (non-hydrogen) atoms. The van der Waals surface area contributed by atoms with Crippen LogP contribution in [0.5, 0.6) is 5.75 Å². The van der Waals surface area contributed by atoms with E-state index >= 15 is 0 Å². The molecule has 3 aromatic carbocycles. The van der Waals surface area contributed by atoms with Crippen LogP contribution in [0.15, 0.2) is 91.3 Å². The van der Waals surface area contributed by atoms with Gasteiger partial charge in [0.25, 0.3) is 11.8 Å². The number of fused-ring (bicyclic) bond motifs is 2. The summed E-state index contributed by atoms with van der Waals surface area (Å²) >= 11 is 0. The summed E-state index contributed by atoms with van der Waals surface area (Å²) in [5, 5.41) is 3.75. The standard InChI is InChI=1S/C30H21F4N5O3/c31-28(32)30(33,34)42-19-7-5-6-18(16-19)36-29-35-13-12-24(37-29)23-17-38(25-11-4-3-8-20(23)25)14-15-39-26(40)21-9-1-2-10-22(21)27(39)41/h1-13,16-17,28H,14-15H2,(H,35,36,37). The number of hydrogen-bond acceptors (Lipinski definition) is 6. The van der Waals surface area contributed by atoms with Gasteiger partial charge in [-0.2, -0.15) is 17.6 Å². The summed E-state index contributed by atoms with van der Waals surface area (Å²) in [7, 11) is 0. The van der Waals surface area contributed by atoms with Gasteiger partial charge < -0.3 is 14.6 Å². The number of para-hydroxylation sites is 1. The van der Waals surface area contributed by atoms with E-state index in [1.807, 2.05) is 35.0 Å². The first kappa shape index (κ1) is 26.9. The van der Waals surface area contributed by atoms with E-state index in [0.717, 1.165) is 28.6 Å². The van der Waals surface area contributed by atoms with Crippen molar-refractivity contribution in [3.63, 3.8) is 0 Å². The van der Waals surface area contributed by atoms with Crippen LogP contribution in [0.3, 0.4) is 0 Å². The van der Waals surface area contributed by atoms with Gasteiger partial charge in [0.05, 0.1) is 16.8 Å². The molecule has 0 bridgehead atoms. The van der Waals surface area contributed by atoms with Crippen LogP contribution in [0.25, 0.3) is 22.2 Å². The molecule has 2 aromatic heterocycles. The second-order valence-electron chi connectivity index (χ2n) is 9.44. The van der Waals surface area contributed by atoms with E-state index < -0.39 is 18.3 Å². The molecule has 8 nitrogen and oxygen atoms in total. The lowest BCUT2D eigenvalue weighted by molar-refractivity contribution is -0.253. The third-order valence-corrected chi connectivity index (χ3v) is 6.76. The van der Waals surface area contributed by atoms with Crippen molar-refractivity contribution in [2.75, 3.05) is 11.9 Å². The molecular weight excluding hydrogens is 554 g/mol. The molecule has 5 aromatic rings. The van der Waals surface area contributed by atoms with E-state index in [0.29, 0.717) is 23.4 Å². The fourth-order valence-corrected chi connectivity index (χ4v) is 4.82. The minimum Gasteiger partial charge on any atom is -0.428 e. The van der Waals surface area contributed by atoms with Crippen molar-refractivity contribution >= 4 is 34.4 Å². The van der Waals surface area contributed by atoms with Gasteiger partial charge in [-0.15, -0.1) is 0 Å². The monoisotopic (exact) mass is 575 g/mol. The van der Waals surface area contributed by atoms with E-state index in [9.17, 15) is 27.2 Å². The Morgan fingerprint density at radius 1 is 0.857 bits per heavy atom. The number of carbonyl (C=O) groups excluding carboxylic acids is 2. The molecule has 212 valence electrons. The maximum absolute atomic E-state index is 13.3. The van der Waals surface area contributed by atoms with Gasteiger partial charge in [0.1, 0.15) is 5.75 Å². The molecule has 0 saturated carbocycles. The Hall–Kier alpha value is -5.26. The first-order valence-corrected chi connectivity index (χ1v) is 12.8. The number of imide groups is 1. The molecule has 0 saturated heterocycles. The number of alkyl halides is 4. The molecule has 3 heterocycles. The topological polar surface area (TPSA) is 89.4 Å². The minimum atomic E-state index is -4.64. The van der Waals surface area contributed by atoms with Crippen molar-refractivity contribution in [2.45, 2.75) is 19.1 Å². The lowest BCUT2D eigenvalue weighted by atomic mass is 10.1. The van der Waals surface area contributed by atoms with Gasteiger partial charge in [-0.1, -0.05) is 36.4 Å². The number of amides is 2. The van der Waals surface area contributed by atoms with E-state index in [2.05, 4.69) is 20.0 Å². The molecule has 0 radical (unpaired) electrons. The molecule has 1 aliphatic heterocycles. The molecule has 0 atom stereocenters. The molecule has 0 spiro atoms. The summed E-state index contributed by atoms with van der Waals surface area (Å²) in [4.78, 5) is 35.6. The molecule has 6 rings (SSSR count). The summed E-state index contributed by atoms with van der Waals surface area (Å²) < 4.78 is 57.9. The number of halogens is 4. The average molecular weight is 576 g/mol. The quantitative estimate of drug-likeness (QED) is 0.162. The third kappa shape index (κ3) is 5.02. The van der Waals surface area contributed by atoms with E-state index in [-0.39, 0.29) is 30.0 Å². The lowest BCUT2D eigenvalue weighted by Crippen LogP contribution is -2.33. The van der Waals surface area contributed by atoms with Crippen LogP contribution >= 0.6 is 0 Å². The minimum absolute atomic E-state index is 0.133. The number of carbonyl (C=O) groups is 2. The first-order valence-electron chi connectivity index (χ1n) is 12.8. The fourth-order valence-electron chi connectivity index (χ4n) is 4.82. The maximum Gasteiger partial charge on any atom is 0.461 e. The Bertz CT molecular complexity index is 1790. The van der Waals surface area contributed by atoms with Crippen LogP contribution in [0.2, 0.25) is 0 Å². The Morgan fingerprint density at radius 3 is 2.31 bits per heavy atom. The largest absolute Gasteiger partial charge is 0.461 e. The van der Waals surface area contributed by atoms with Crippen molar-refractivity contribution in [3.05, 3.63) is 102 Å². The number of nitrogens with zero attached hydrogens (tertiary/aromatic N) is 4. The van der Waals surface area contributed by atoms with Crippen LogP contribution < -0.4 is 10.1 Å². The smallest absolute Gasteiger partial charge is 0.428 e. The van der Waals surface area contributed by atoms with Crippen molar-refractivity contribution in [2.24, 2.45) is 0 Å². The molecule has 1 N–H and O–H groups in total. The van der Waals surface area contributed by atoms with Crippen LogP contribution in [-0.4, -0.2) is 50.3 Å². The normalized spacial score (nSPS) is 13.2. The molecule has 0 unspecified atom stereocenters. The molecule has 0 fully saturated rings. The van der Waals surface area contributed by atoms with Crippen LogP contribution in [-0.2, 0) is 6.54 Å². The lowest BCUT2D eigenvalue weighted by Gasteiger charge is -2.17. The highest BCUT2D eigenvalue weighted by Crippen LogP contribution is 2.32. The zero-order chi connectivity index (χ0) is 29.4. The van der Waals surface area contributed by atoms with Gasteiger partial charge in [0.15, 0.2) is 0 Å². The number of benzene rings is 3. The summed E-state index contributed by atoms with van der Waals surface area (Å²) in [6, 6.07) is 21.2. The fraction of sp³-hybridized carbons (Fsp3) is 0.133. The Kier molecular flexibility index (Phi) is 6.81. The van der Waals surface area contributed by atoms with E-state index in [4.69, 9.17) is 0 Å². The van der Waals surface area contributed by atoms with Gasteiger partial charge in [0, 0.05) is 53.7 Å². The predicted octanol–water partition coefficient (Wildman–Crippen LogP) is 6.37.